The SMILES string of the molecule is Cc1c(I)cccc1NC(=O)N(C)N. The zero-order valence-electron chi connectivity index (χ0n) is 8.04. The van der Waals surface area contributed by atoms with Gasteiger partial charge in [-0.15, -0.1) is 0 Å². The molecule has 2 amide bonds. The molecule has 0 saturated heterocycles. The summed E-state index contributed by atoms with van der Waals surface area (Å²) >= 11 is 2.22. The number of anilines is 1. The van der Waals surface area contributed by atoms with Crippen molar-refractivity contribution < 1.29 is 4.79 Å². The van der Waals surface area contributed by atoms with Crippen LogP contribution in [-0.4, -0.2) is 18.1 Å². The molecule has 0 saturated carbocycles. The molecule has 4 nitrogen and oxygen atoms in total. The molecule has 0 bridgehead atoms. The van der Waals surface area contributed by atoms with Gasteiger partial charge in [-0.1, -0.05) is 6.07 Å². The molecule has 0 radical (unpaired) electrons. The van der Waals surface area contributed by atoms with Gasteiger partial charge in [-0.2, -0.15) is 0 Å². The van der Waals surface area contributed by atoms with E-state index < -0.39 is 0 Å². The molecular formula is C9H12IN3O. The molecule has 14 heavy (non-hydrogen) atoms. The fourth-order valence-corrected chi connectivity index (χ4v) is 1.44. The number of urea groups is 1. The first kappa shape index (κ1) is 11.3. The fraction of sp³-hybridized carbons (Fsp3) is 0.222. The molecule has 1 rings (SSSR count). The molecule has 0 atom stereocenters. The summed E-state index contributed by atoms with van der Waals surface area (Å²) < 4.78 is 1.11. The highest BCUT2D eigenvalue weighted by Gasteiger charge is 2.07. The van der Waals surface area contributed by atoms with Crippen molar-refractivity contribution in [1.82, 2.24) is 5.01 Å². The van der Waals surface area contributed by atoms with Crippen LogP contribution in [-0.2, 0) is 0 Å². The summed E-state index contributed by atoms with van der Waals surface area (Å²) in [6.07, 6.45) is 0. The van der Waals surface area contributed by atoms with Gasteiger partial charge in [-0.3, -0.25) is 5.01 Å². The van der Waals surface area contributed by atoms with E-state index in [9.17, 15) is 4.79 Å². The van der Waals surface area contributed by atoms with Gasteiger partial charge in [-0.05, 0) is 47.2 Å². The van der Waals surface area contributed by atoms with Gasteiger partial charge in [0.15, 0.2) is 0 Å². The van der Waals surface area contributed by atoms with E-state index in [2.05, 4.69) is 27.9 Å². The van der Waals surface area contributed by atoms with Crippen molar-refractivity contribution in [3.05, 3.63) is 27.3 Å². The lowest BCUT2D eigenvalue weighted by atomic mass is 10.2. The number of carbonyl (C=O) groups is 1. The minimum atomic E-state index is -0.324. The third-order valence-corrected chi connectivity index (χ3v) is 3.00. The molecule has 5 heteroatoms. The molecule has 1 aromatic rings. The number of hydrazine groups is 1. The average molecular weight is 305 g/mol. The molecule has 0 spiro atoms. The Morgan fingerprint density at radius 1 is 1.57 bits per heavy atom. The van der Waals surface area contributed by atoms with E-state index in [1.165, 1.54) is 7.05 Å². The summed E-state index contributed by atoms with van der Waals surface area (Å²) in [5.74, 6) is 5.29. The Bertz CT molecular complexity index is 352. The van der Waals surface area contributed by atoms with Crippen LogP contribution < -0.4 is 11.2 Å². The van der Waals surface area contributed by atoms with Gasteiger partial charge >= 0.3 is 6.03 Å². The molecule has 76 valence electrons. The van der Waals surface area contributed by atoms with E-state index in [0.717, 1.165) is 19.8 Å². The minimum absolute atomic E-state index is 0.324. The van der Waals surface area contributed by atoms with E-state index in [4.69, 9.17) is 5.84 Å². The lowest BCUT2D eigenvalue weighted by Crippen LogP contribution is -2.37. The topological polar surface area (TPSA) is 58.4 Å². The standard InChI is InChI=1S/C9H12IN3O/c1-6-7(10)4-3-5-8(6)12-9(14)13(2)11/h3-5H,11H2,1-2H3,(H,12,14). The highest BCUT2D eigenvalue weighted by atomic mass is 127. The maximum Gasteiger partial charge on any atom is 0.335 e. The van der Waals surface area contributed by atoms with Crippen molar-refractivity contribution in [2.45, 2.75) is 6.92 Å². The molecule has 1 aromatic carbocycles. The number of hydrogen-bond acceptors (Lipinski definition) is 2. The molecule has 0 aliphatic carbocycles. The zero-order valence-corrected chi connectivity index (χ0v) is 10.2. The van der Waals surface area contributed by atoms with Crippen molar-refractivity contribution in [2.75, 3.05) is 12.4 Å². The Labute approximate surface area is 96.6 Å². The summed E-state index contributed by atoms with van der Waals surface area (Å²) in [6, 6.07) is 5.40. The smallest absolute Gasteiger partial charge is 0.306 e. The lowest BCUT2D eigenvalue weighted by molar-refractivity contribution is 0.223. The van der Waals surface area contributed by atoms with E-state index in [1.807, 2.05) is 25.1 Å². The monoisotopic (exact) mass is 305 g/mol. The molecular weight excluding hydrogens is 293 g/mol. The second-order valence-electron chi connectivity index (χ2n) is 2.95. The Kier molecular flexibility index (Phi) is 3.70. The van der Waals surface area contributed by atoms with Crippen LogP contribution in [0.2, 0.25) is 0 Å². The van der Waals surface area contributed by atoms with E-state index in [1.54, 1.807) is 0 Å². The fourth-order valence-electron chi connectivity index (χ4n) is 0.946. The molecule has 0 heterocycles. The third-order valence-electron chi connectivity index (χ3n) is 1.83. The summed E-state index contributed by atoms with van der Waals surface area (Å²) in [6.45, 7) is 1.95. The van der Waals surface area contributed by atoms with E-state index in [-0.39, 0.29) is 6.03 Å². The summed E-state index contributed by atoms with van der Waals surface area (Å²) in [5, 5.41) is 3.72. The van der Waals surface area contributed by atoms with Crippen molar-refractivity contribution >= 4 is 34.3 Å². The number of nitrogens with one attached hydrogen (secondary N) is 1. The van der Waals surface area contributed by atoms with Crippen LogP contribution in [0.5, 0.6) is 0 Å². The predicted octanol–water partition coefficient (Wildman–Crippen LogP) is 1.94. The van der Waals surface area contributed by atoms with Crippen LogP contribution in [0.15, 0.2) is 18.2 Å². The maximum atomic E-state index is 11.3. The van der Waals surface area contributed by atoms with Crippen molar-refractivity contribution in [2.24, 2.45) is 5.84 Å². The minimum Gasteiger partial charge on any atom is -0.306 e. The summed E-state index contributed by atoms with van der Waals surface area (Å²) in [5.41, 5.74) is 1.84. The number of hydrogen-bond donors (Lipinski definition) is 2. The number of nitrogens with zero attached hydrogens (tertiary/aromatic N) is 1. The van der Waals surface area contributed by atoms with Gasteiger partial charge < -0.3 is 5.32 Å². The second kappa shape index (κ2) is 4.61. The lowest BCUT2D eigenvalue weighted by Gasteiger charge is -2.13. The van der Waals surface area contributed by atoms with Crippen LogP contribution >= 0.6 is 22.6 Å². The number of halogens is 1. The number of rotatable bonds is 1. The largest absolute Gasteiger partial charge is 0.335 e. The second-order valence-corrected chi connectivity index (χ2v) is 4.12. The van der Waals surface area contributed by atoms with Gasteiger partial charge in [0.2, 0.25) is 0 Å². The van der Waals surface area contributed by atoms with E-state index in [0.29, 0.717) is 0 Å². The van der Waals surface area contributed by atoms with Gasteiger partial charge in [-0.25, -0.2) is 10.6 Å². The molecule has 3 N–H and O–H groups in total. The van der Waals surface area contributed by atoms with Gasteiger partial charge in [0.25, 0.3) is 0 Å². The van der Waals surface area contributed by atoms with Gasteiger partial charge in [0.05, 0.1) is 0 Å². The van der Waals surface area contributed by atoms with Crippen LogP contribution in [0, 0.1) is 10.5 Å². The first-order valence-electron chi connectivity index (χ1n) is 4.07. The van der Waals surface area contributed by atoms with Crippen LogP contribution in [0.3, 0.4) is 0 Å². The van der Waals surface area contributed by atoms with Crippen molar-refractivity contribution in [1.29, 1.82) is 0 Å². The highest BCUT2D eigenvalue weighted by molar-refractivity contribution is 14.1. The van der Waals surface area contributed by atoms with Crippen LogP contribution in [0.1, 0.15) is 5.56 Å². The van der Waals surface area contributed by atoms with Gasteiger partial charge in [0, 0.05) is 16.3 Å². The number of carbonyl (C=O) groups excluding carboxylic acids is 1. The van der Waals surface area contributed by atoms with Gasteiger partial charge in [0.1, 0.15) is 0 Å². The third kappa shape index (κ3) is 2.58. The van der Waals surface area contributed by atoms with Crippen LogP contribution in [0.4, 0.5) is 10.5 Å². The first-order valence-corrected chi connectivity index (χ1v) is 5.14. The first-order chi connectivity index (χ1) is 6.52. The van der Waals surface area contributed by atoms with Crippen molar-refractivity contribution in [3.63, 3.8) is 0 Å². The summed E-state index contributed by atoms with van der Waals surface area (Å²) in [4.78, 5) is 11.3. The number of amides is 2. The number of benzene rings is 1. The zero-order chi connectivity index (χ0) is 10.7. The maximum absolute atomic E-state index is 11.3. The van der Waals surface area contributed by atoms with E-state index >= 15 is 0 Å². The Morgan fingerprint density at radius 2 is 2.21 bits per heavy atom. The Morgan fingerprint density at radius 3 is 2.79 bits per heavy atom. The summed E-state index contributed by atoms with van der Waals surface area (Å²) in [7, 11) is 1.50. The number of nitrogens with two attached hydrogens (primary N) is 1. The Hall–Kier alpha value is -0.820. The molecule has 0 aliphatic rings. The molecule has 0 aliphatic heterocycles. The quantitative estimate of drug-likeness (QED) is 0.360. The Balaban J connectivity index is 2.87. The molecule has 0 aromatic heterocycles. The highest BCUT2D eigenvalue weighted by Crippen LogP contribution is 2.20. The van der Waals surface area contributed by atoms with Crippen molar-refractivity contribution in [3.8, 4) is 0 Å². The molecule has 0 fully saturated rings. The van der Waals surface area contributed by atoms with Crippen LogP contribution in [0.25, 0.3) is 0 Å². The predicted molar refractivity (Wildman–Crippen MR) is 64.9 cm³/mol. The molecule has 0 unspecified atom stereocenters. The normalized spacial score (nSPS) is 9.71. The average Bonchev–Trinajstić information content (AvgIpc) is 2.12.